The molecule has 0 atom stereocenters. The Balaban J connectivity index is -0.0000000536. The standard InChI is InChI=1S/C8H10N4O.C7H7BrN4O.C5H2BrClN2O2.C5H3BrN4O.C2H5Br.2C2H4O2.5C2H6.CH5BO2.3CH4.H4N2.Pd.3H2/c1-3-13-12-7-4-6(2)5-9-8(7)10-11-12;1-2-13-12-6-3-5(8)4-9-7(6)10-11-12;6-3-1-4(9(10)11)5(7)8-2-3;6-3-1-4-5(7-2-3)8-9-10(4)11;1-2-3;2*1-2(3)4;5*1-2;1-2(3)4;;;;1-2;;;;/h4-5H,3H2,1-2H3;3-4H,2H2,1H3;1-2H;1-2,11H;2H2,1H3;2*1H3,(H,3,4);5*1-2H3;3-4H,1H3;3*1H4;1-2H2;;3*1H/i;;;;;;;;;;;;;;;;;;3*1+1. The van der Waals surface area contributed by atoms with E-state index in [0.29, 0.717) is 45.0 Å². The van der Waals surface area contributed by atoms with Gasteiger partial charge in [0, 0.05) is 88.2 Å². The fourth-order valence-corrected chi connectivity index (χ4v) is 4.55. The van der Waals surface area contributed by atoms with E-state index in [9.17, 15) is 10.1 Å². The summed E-state index contributed by atoms with van der Waals surface area (Å²) in [6.07, 6.45) is 6.42. The second-order valence-electron chi connectivity index (χ2n) is 10.7. The molecule has 0 aromatic carbocycles. The van der Waals surface area contributed by atoms with Crippen LogP contribution >= 0.6 is 75.3 Å². The van der Waals surface area contributed by atoms with Crippen LogP contribution in [0.15, 0.2) is 62.5 Å². The van der Waals surface area contributed by atoms with Gasteiger partial charge in [0.2, 0.25) is 22.1 Å². The van der Waals surface area contributed by atoms with Crippen LogP contribution < -0.4 is 21.4 Å². The zero-order chi connectivity index (χ0) is 60.2. The molecule has 7 heterocycles. The number of aromatic nitrogens is 13. The van der Waals surface area contributed by atoms with Gasteiger partial charge in [-0.2, -0.15) is 0 Å². The maximum atomic E-state index is 10.2. The Labute approximate surface area is 523 Å². The van der Waals surface area contributed by atoms with E-state index < -0.39 is 24.0 Å². The van der Waals surface area contributed by atoms with E-state index in [0.717, 1.165) is 44.7 Å². The number of nitrogens with two attached hydrogens (primary N) is 2. The predicted octanol–water partition coefficient (Wildman–Crippen LogP) is 12.1. The summed E-state index contributed by atoms with van der Waals surface area (Å²) in [5.41, 5.74) is 4.54. The monoisotopic (exact) mass is 1500 g/mol. The van der Waals surface area contributed by atoms with E-state index in [1.807, 2.05) is 109 Å². The van der Waals surface area contributed by atoms with Gasteiger partial charge in [0.15, 0.2) is 11.0 Å². The number of fused-ring (bicyclic) bond motifs is 3. The Kier molecular flexibility index (Phi) is 85.3. The topological polar surface area (TPSA) is 393 Å². The summed E-state index contributed by atoms with van der Waals surface area (Å²) < 4.78 is 2.19. The average molecular weight is 1510 g/mol. The maximum absolute atomic E-state index is 10.2. The summed E-state index contributed by atoms with van der Waals surface area (Å²) in [5.74, 6) is 6.33. The second-order valence-corrected chi connectivity index (χ2v) is 15.0. The molecule has 0 aliphatic heterocycles. The average Bonchev–Trinajstić information content (AvgIpc) is 4.10. The Bertz CT molecular complexity index is 2400. The van der Waals surface area contributed by atoms with Gasteiger partial charge in [-0.3, -0.25) is 31.4 Å². The van der Waals surface area contributed by atoms with Gasteiger partial charge in [-0.15, -0.1) is 15.3 Å². The summed E-state index contributed by atoms with van der Waals surface area (Å²) >= 11 is 18.1. The van der Waals surface area contributed by atoms with Crippen LogP contribution in [-0.2, 0) is 30.0 Å². The van der Waals surface area contributed by atoms with E-state index in [1.165, 1.54) is 28.8 Å². The molecule has 79 heavy (non-hydrogen) atoms. The Hall–Kier alpha value is -4.68. The second kappa shape index (κ2) is 67.6. The minimum absolute atomic E-state index is 0. The number of aliphatic carboxylic acids is 2. The fourth-order valence-electron chi connectivity index (χ4n) is 3.42. The van der Waals surface area contributed by atoms with Crippen molar-refractivity contribution in [3.63, 3.8) is 0 Å². The van der Waals surface area contributed by atoms with Crippen LogP contribution in [0, 0.1) is 17.0 Å². The Morgan fingerprint density at radius 2 is 0.949 bits per heavy atom. The van der Waals surface area contributed by atoms with E-state index >= 15 is 0 Å². The molecule has 7 aromatic rings. The van der Waals surface area contributed by atoms with Gasteiger partial charge in [-0.1, -0.05) is 141 Å². The summed E-state index contributed by atoms with van der Waals surface area (Å²) in [4.78, 5) is 57.2. The number of hydrogen-bond acceptors (Lipinski definition) is 21. The molecule has 0 radical (unpaired) electrons. The van der Waals surface area contributed by atoms with Crippen molar-refractivity contribution in [2.45, 2.75) is 140 Å². The summed E-state index contributed by atoms with van der Waals surface area (Å²) in [7, 11) is -1.17. The number of nitrogens with zero attached hydrogens (tertiary/aromatic N) is 14. The summed E-state index contributed by atoms with van der Waals surface area (Å²) in [5, 5.41) is 72.5. The van der Waals surface area contributed by atoms with Gasteiger partial charge >= 0.3 is 12.8 Å². The molecule has 0 spiro atoms. The number of carboxylic acids is 2. The van der Waals surface area contributed by atoms with Crippen molar-refractivity contribution in [2.24, 2.45) is 11.7 Å². The SMILES string of the molecule is C.C.C.CB(O)O.CC.CC.CC.CC.CC.CC(=O)O.CC(=O)O.CCBr.CCOn1nnc2ncc(Br)cc21.CCOn1nnc2ncc(C)cc21.NN.O=[N+]([O-])c1cc(Br)cnc1Cl.On1nnc2ncc(Br)cc21.[2HH].[2HH].[2HH].[Pd]. The smallest absolute Gasteiger partial charge is 0.448 e. The molecule has 0 aliphatic rings. The van der Waals surface area contributed by atoms with E-state index in [-0.39, 0.29) is 57.8 Å². The van der Waals surface area contributed by atoms with E-state index in [2.05, 4.69) is 126 Å². The molecule has 0 amide bonds. The molecule has 0 fully saturated rings. The number of hydrogen-bond donors (Lipinski definition) is 7. The normalized spacial score (nSPS) is 7.97. The minimum atomic E-state index is -1.17. The van der Waals surface area contributed by atoms with Crippen molar-refractivity contribution in [1.29, 1.82) is 0 Å². The van der Waals surface area contributed by atoms with Gasteiger partial charge in [0.05, 0.1) is 4.92 Å². The number of nitro groups is 1. The van der Waals surface area contributed by atoms with Crippen molar-refractivity contribution < 1.29 is 74.4 Å². The van der Waals surface area contributed by atoms with Crippen molar-refractivity contribution in [3.8, 4) is 0 Å². The van der Waals surface area contributed by atoms with Crippen molar-refractivity contribution in [2.75, 3.05) is 18.5 Å². The Morgan fingerprint density at radius 3 is 1.28 bits per heavy atom. The number of halogens is 5. The van der Waals surface area contributed by atoms with Crippen molar-refractivity contribution in [3.05, 3.63) is 83.3 Å². The van der Waals surface area contributed by atoms with E-state index in [1.54, 1.807) is 24.7 Å². The van der Waals surface area contributed by atoms with Crippen LogP contribution in [0.3, 0.4) is 0 Å². The van der Waals surface area contributed by atoms with Crippen LogP contribution in [0.4, 0.5) is 5.69 Å². The third-order valence-corrected chi connectivity index (χ3v) is 6.98. The first-order valence-electron chi connectivity index (χ1n) is 22.6. The first-order chi connectivity index (χ1) is 35.6. The summed E-state index contributed by atoms with van der Waals surface area (Å²) in [6, 6.07) is 6.79. The van der Waals surface area contributed by atoms with Gasteiger partial charge in [0.25, 0.3) is 11.9 Å². The number of carbonyl (C=O) groups is 2. The quantitative estimate of drug-likeness (QED) is 0.0160. The number of hydrazine groups is 1. The molecule has 0 unspecified atom stereocenters. The minimum Gasteiger partial charge on any atom is -0.481 e. The van der Waals surface area contributed by atoms with Crippen LogP contribution in [0.5, 0.6) is 0 Å². The fraction of sp³-hybridized carbons (Fsp3) is 0.511. The molecule has 34 heteroatoms. The third-order valence-electron chi connectivity index (χ3n) is 5.39. The zero-order valence-corrected chi connectivity index (χ0v) is 54.3. The largest absolute Gasteiger partial charge is 0.481 e. The third kappa shape index (κ3) is 52.5. The van der Waals surface area contributed by atoms with Crippen LogP contribution in [0.2, 0.25) is 12.0 Å². The predicted molar refractivity (Wildman–Crippen MR) is 335 cm³/mol. The number of carboxylic acid groups (broad SMARTS) is 2. The summed E-state index contributed by atoms with van der Waals surface area (Å²) in [6.45, 7) is 32.3. The van der Waals surface area contributed by atoms with E-state index in [4.69, 9.17) is 56.3 Å². The Morgan fingerprint density at radius 1 is 0.671 bits per heavy atom. The molecular formula is C45H92BBr4ClN16O11Pd. The molecule has 0 saturated heterocycles. The number of rotatable bonds is 5. The molecule has 466 valence electrons. The zero-order valence-electron chi connectivity index (χ0n) is 45.6. The molecule has 0 saturated carbocycles. The molecule has 7 rings (SSSR count). The van der Waals surface area contributed by atoms with Crippen LogP contribution in [0.25, 0.3) is 33.5 Å². The molecule has 0 bridgehead atoms. The van der Waals surface area contributed by atoms with Gasteiger partial charge in [-0.25, -0.2) is 19.9 Å². The van der Waals surface area contributed by atoms with Crippen LogP contribution in [0.1, 0.15) is 136 Å². The van der Waals surface area contributed by atoms with Gasteiger partial charge < -0.3 is 35.1 Å². The molecule has 0 aliphatic carbocycles. The molecular weight excluding hydrogens is 1410 g/mol. The first kappa shape index (κ1) is 99.6. The van der Waals surface area contributed by atoms with Crippen molar-refractivity contribution >= 4 is 134 Å². The number of alkyl halides is 1. The van der Waals surface area contributed by atoms with Gasteiger partial charge in [-0.05, 0) is 115 Å². The molecule has 9 N–H and O–H groups in total. The number of aryl methyl sites for hydroxylation is 1. The molecule has 27 nitrogen and oxygen atoms in total. The number of pyridine rings is 4. The van der Waals surface area contributed by atoms with Crippen molar-refractivity contribution in [1.82, 2.24) is 65.4 Å². The maximum Gasteiger partial charge on any atom is 0.448 e. The van der Waals surface area contributed by atoms with Gasteiger partial charge in [0.1, 0.15) is 18.7 Å². The van der Waals surface area contributed by atoms with Crippen LogP contribution in [-0.4, -0.2) is 133 Å². The first-order valence-corrected chi connectivity index (χ1v) is 26.5. The molecule has 7 aromatic heterocycles.